The van der Waals surface area contributed by atoms with Crippen molar-refractivity contribution in [2.24, 2.45) is 0 Å². The summed E-state index contributed by atoms with van der Waals surface area (Å²) in [5.41, 5.74) is 0. The third kappa shape index (κ3) is 8.54. The van der Waals surface area contributed by atoms with Crippen molar-refractivity contribution >= 4 is 5.91 Å². The van der Waals surface area contributed by atoms with E-state index in [1.54, 1.807) is 11.0 Å². The van der Waals surface area contributed by atoms with E-state index in [2.05, 4.69) is 20.8 Å². The predicted molar refractivity (Wildman–Crippen MR) is 93.7 cm³/mol. The van der Waals surface area contributed by atoms with Gasteiger partial charge in [0, 0.05) is 7.05 Å². The zero-order valence-corrected chi connectivity index (χ0v) is 15.2. The monoisotopic (exact) mass is 313 g/mol. The van der Waals surface area contributed by atoms with E-state index in [1.807, 2.05) is 13.1 Å². The molecule has 0 unspecified atom stereocenters. The molecule has 0 aliphatic carbocycles. The average molecular weight is 314 g/mol. The van der Waals surface area contributed by atoms with Crippen molar-refractivity contribution in [2.45, 2.75) is 52.9 Å². The van der Waals surface area contributed by atoms with Gasteiger partial charge in [-0.3, -0.25) is 4.79 Å². The third-order valence-electron chi connectivity index (χ3n) is 4.69. The summed E-state index contributed by atoms with van der Waals surface area (Å²) in [6.07, 6.45) is 9.65. The smallest absolute Gasteiger partial charge is 0.246 e. The topological polar surface area (TPSA) is 40.5 Å². The molecule has 0 radical (unpaired) electrons. The first-order chi connectivity index (χ1) is 10.5. The molecule has 0 saturated heterocycles. The number of amides is 1. The van der Waals surface area contributed by atoms with Crippen LogP contribution in [0.2, 0.25) is 0 Å². The van der Waals surface area contributed by atoms with Crippen LogP contribution in [-0.2, 0) is 4.79 Å². The molecule has 4 heteroatoms. The Hall–Kier alpha value is -0.870. The standard InChI is InChI=1S/C18H37N2O2/c1-5-8-9-10-11-12-13-18(22)19(4)14-15-20(6-2,7-3)16-17-21/h12-13,21H,5-11,14-17H2,1-4H3/q+1/b13-12+. The maximum atomic E-state index is 12.1. The molecular weight excluding hydrogens is 276 g/mol. The summed E-state index contributed by atoms with van der Waals surface area (Å²) in [6.45, 7) is 11.1. The SMILES string of the molecule is CCCCCC/C=C/C(=O)N(C)CC[N+](CC)(CC)CCO. The number of aliphatic hydroxyl groups is 1. The maximum absolute atomic E-state index is 12.1. The molecule has 0 saturated carbocycles. The van der Waals surface area contributed by atoms with Gasteiger partial charge in [0.05, 0.1) is 32.8 Å². The highest BCUT2D eigenvalue weighted by Gasteiger charge is 2.23. The molecule has 22 heavy (non-hydrogen) atoms. The molecule has 0 heterocycles. The molecular formula is C18H37N2O2+. The fourth-order valence-corrected chi connectivity index (χ4v) is 2.65. The van der Waals surface area contributed by atoms with Crippen LogP contribution in [0.3, 0.4) is 0 Å². The molecule has 0 spiro atoms. The first-order valence-corrected chi connectivity index (χ1v) is 8.92. The van der Waals surface area contributed by atoms with Crippen molar-refractivity contribution in [3.63, 3.8) is 0 Å². The molecule has 0 aromatic carbocycles. The Balaban J connectivity index is 4.15. The zero-order chi connectivity index (χ0) is 16.8. The van der Waals surface area contributed by atoms with E-state index in [-0.39, 0.29) is 12.5 Å². The van der Waals surface area contributed by atoms with E-state index in [1.165, 1.54) is 25.7 Å². The van der Waals surface area contributed by atoms with E-state index in [0.717, 1.165) is 43.6 Å². The number of rotatable bonds is 13. The Kier molecular flexibility index (Phi) is 12.2. The Morgan fingerprint density at radius 3 is 2.32 bits per heavy atom. The van der Waals surface area contributed by atoms with Gasteiger partial charge < -0.3 is 14.5 Å². The first kappa shape index (κ1) is 21.1. The minimum atomic E-state index is 0.0878. The van der Waals surface area contributed by atoms with Gasteiger partial charge in [-0.1, -0.05) is 32.3 Å². The van der Waals surface area contributed by atoms with Gasteiger partial charge >= 0.3 is 0 Å². The van der Waals surface area contributed by atoms with Crippen molar-refractivity contribution in [2.75, 3.05) is 46.4 Å². The van der Waals surface area contributed by atoms with Crippen LogP contribution in [-0.4, -0.2) is 66.8 Å². The van der Waals surface area contributed by atoms with Crippen LogP contribution < -0.4 is 0 Å². The number of carbonyl (C=O) groups excluding carboxylic acids is 1. The van der Waals surface area contributed by atoms with Gasteiger partial charge in [0.2, 0.25) is 5.91 Å². The zero-order valence-electron chi connectivity index (χ0n) is 15.2. The second-order valence-electron chi connectivity index (χ2n) is 6.16. The Labute approximate surface area is 137 Å². The molecule has 0 aliphatic heterocycles. The summed E-state index contributed by atoms with van der Waals surface area (Å²) in [5.74, 6) is 0.0878. The molecule has 130 valence electrons. The number of quaternary nitrogens is 1. The molecule has 0 atom stereocenters. The van der Waals surface area contributed by atoms with Gasteiger partial charge in [0.15, 0.2) is 0 Å². The second kappa shape index (κ2) is 12.7. The van der Waals surface area contributed by atoms with Crippen LogP contribution in [0.5, 0.6) is 0 Å². The molecule has 4 nitrogen and oxygen atoms in total. The fraction of sp³-hybridized carbons (Fsp3) is 0.833. The van der Waals surface area contributed by atoms with E-state index >= 15 is 0 Å². The minimum absolute atomic E-state index is 0.0878. The fourth-order valence-electron chi connectivity index (χ4n) is 2.65. The van der Waals surface area contributed by atoms with Crippen molar-refractivity contribution < 1.29 is 14.4 Å². The molecule has 0 aromatic rings. The van der Waals surface area contributed by atoms with Gasteiger partial charge in [-0.05, 0) is 32.8 Å². The number of hydrogen-bond donors (Lipinski definition) is 1. The summed E-state index contributed by atoms with van der Waals surface area (Å²) < 4.78 is 0.870. The second-order valence-corrected chi connectivity index (χ2v) is 6.16. The Morgan fingerprint density at radius 2 is 1.77 bits per heavy atom. The van der Waals surface area contributed by atoms with Gasteiger partial charge in [0.25, 0.3) is 0 Å². The lowest BCUT2D eigenvalue weighted by molar-refractivity contribution is -0.924. The van der Waals surface area contributed by atoms with Crippen molar-refractivity contribution in [3.8, 4) is 0 Å². The number of likely N-dealkylation sites (N-methyl/N-ethyl adjacent to an activating group) is 2. The largest absolute Gasteiger partial charge is 0.391 e. The first-order valence-electron chi connectivity index (χ1n) is 8.92. The lowest BCUT2D eigenvalue weighted by Gasteiger charge is -2.37. The van der Waals surface area contributed by atoms with E-state index in [9.17, 15) is 9.90 Å². The number of allylic oxidation sites excluding steroid dienone is 1. The van der Waals surface area contributed by atoms with Crippen LogP contribution in [0.1, 0.15) is 52.9 Å². The lowest BCUT2D eigenvalue weighted by atomic mass is 10.1. The molecule has 1 amide bonds. The quantitative estimate of drug-likeness (QED) is 0.323. The van der Waals surface area contributed by atoms with Crippen molar-refractivity contribution in [1.29, 1.82) is 0 Å². The molecule has 0 aromatic heterocycles. The predicted octanol–water partition coefficient (Wildman–Crippen LogP) is 2.82. The summed E-state index contributed by atoms with van der Waals surface area (Å²) >= 11 is 0. The number of carbonyl (C=O) groups is 1. The third-order valence-corrected chi connectivity index (χ3v) is 4.69. The van der Waals surface area contributed by atoms with Gasteiger partial charge in [-0.2, -0.15) is 0 Å². The minimum Gasteiger partial charge on any atom is -0.391 e. The van der Waals surface area contributed by atoms with Crippen LogP contribution >= 0.6 is 0 Å². The lowest BCUT2D eigenvalue weighted by Crippen LogP contribution is -2.53. The van der Waals surface area contributed by atoms with Crippen LogP contribution in [0.15, 0.2) is 12.2 Å². The summed E-state index contributed by atoms with van der Waals surface area (Å²) in [7, 11) is 1.86. The van der Waals surface area contributed by atoms with Gasteiger partial charge in [-0.25, -0.2) is 0 Å². The molecule has 0 bridgehead atoms. The molecule has 0 rings (SSSR count). The van der Waals surface area contributed by atoms with Crippen LogP contribution in [0.4, 0.5) is 0 Å². The number of nitrogens with zero attached hydrogens (tertiary/aromatic N) is 2. The van der Waals surface area contributed by atoms with Crippen LogP contribution in [0, 0.1) is 0 Å². The van der Waals surface area contributed by atoms with E-state index in [0.29, 0.717) is 0 Å². The number of hydrogen-bond acceptors (Lipinski definition) is 2. The molecule has 1 N–H and O–H groups in total. The normalized spacial score (nSPS) is 12.0. The van der Waals surface area contributed by atoms with E-state index in [4.69, 9.17) is 0 Å². The Morgan fingerprint density at radius 1 is 1.09 bits per heavy atom. The van der Waals surface area contributed by atoms with Crippen LogP contribution in [0.25, 0.3) is 0 Å². The van der Waals surface area contributed by atoms with Crippen molar-refractivity contribution in [1.82, 2.24) is 4.90 Å². The Bertz CT molecular complexity index is 312. The van der Waals surface area contributed by atoms with Gasteiger partial charge in [-0.15, -0.1) is 0 Å². The maximum Gasteiger partial charge on any atom is 0.246 e. The highest BCUT2D eigenvalue weighted by Crippen LogP contribution is 2.07. The van der Waals surface area contributed by atoms with E-state index < -0.39 is 0 Å². The number of aliphatic hydroxyl groups excluding tert-OH is 1. The number of unbranched alkanes of at least 4 members (excludes halogenated alkanes) is 4. The molecule has 0 fully saturated rings. The highest BCUT2D eigenvalue weighted by atomic mass is 16.3. The summed E-state index contributed by atoms with van der Waals surface area (Å²) in [4.78, 5) is 13.9. The highest BCUT2D eigenvalue weighted by molar-refractivity contribution is 5.87. The van der Waals surface area contributed by atoms with Crippen molar-refractivity contribution in [3.05, 3.63) is 12.2 Å². The van der Waals surface area contributed by atoms with Gasteiger partial charge in [0.1, 0.15) is 6.54 Å². The average Bonchev–Trinajstić information content (AvgIpc) is 2.54. The molecule has 0 aliphatic rings. The summed E-state index contributed by atoms with van der Waals surface area (Å²) in [6, 6.07) is 0. The summed E-state index contributed by atoms with van der Waals surface area (Å²) in [5, 5.41) is 9.24.